The number of carboxylic acid groups (broad SMARTS) is 2. The van der Waals surface area contributed by atoms with Gasteiger partial charge in [0.05, 0.1) is 11.9 Å². The van der Waals surface area contributed by atoms with Gasteiger partial charge < -0.3 is 19.8 Å². The summed E-state index contributed by atoms with van der Waals surface area (Å²) in [6.07, 6.45) is 15.4. The second-order valence-corrected chi connectivity index (χ2v) is 11.0. The number of benzene rings is 2. The van der Waals surface area contributed by atoms with Crippen LogP contribution >= 0.6 is 0 Å². The van der Waals surface area contributed by atoms with E-state index in [1.165, 1.54) is 51.4 Å². The second kappa shape index (κ2) is 21.0. The first-order valence-electron chi connectivity index (χ1n) is 14.8. The molecule has 0 bridgehead atoms. The first-order chi connectivity index (χ1) is 18.2. The number of rotatable bonds is 18. The maximum Gasteiger partial charge on any atom is 2.00 e. The Morgan fingerprint density at radius 3 is 1.10 bits per heavy atom. The van der Waals surface area contributed by atoms with Crippen LogP contribution in [0.1, 0.15) is 129 Å². The molecule has 2 aromatic carbocycles. The Hall–Kier alpha value is -1.85. The van der Waals surface area contributed by atoms with Gasteiger partial charge in [0.15, 0.2) is 0 Å². The molecule has 0 amide bonds. The van der Waals surface area contributed by atoms with Crippen molar-refractivity contribution in [1.29, 1.82) is 0 Å². The van der Waals surface area contributed by atoms with Crippen LogP contribution in [-0.2, 0) is 20.4 Å². The summed E-state index contributed by atoms with van der Waals surface area (Å²) < 4.78 is 0. The minimum absolute atomic E-state index is 0. The Morgan fingerprint density at radius 1 is 0.538 bits per heavy atom. The van der Waals surface area contributed by atoms with Crippen molar-refractivity contribution in [3.8, 4) is 0 Å². The molecule has 0 spiro atoms. The molecule has 5 heteroatoms. The molecule has 0 saturated heterocycles. The van der Waals surface area contributed by atoms with E-state index in [4.69, 9.17) is 0 Å². The van der Waals surface area contributed by atoms with E-state index in [9.17, 15) is 19.8 Å². The maximum atomic E-state index is 11.5. The van der Waals surface area contributed by atoms with E-state index in [1.54, 1.807) is 13.8 Å². The van der Waals surface area contributed by atoms with Gasteiger partial charge in [0.1, 0.15) is 0 Å². The molecule has 0 N–H and O–H groups in total. The number of carboxylic acids is 2. The number of hydrogen-bond donors (Lipinski definition) is 0. The summed E-state index contributed by atoms with van der Waals surface area (Å²) in [7, 11) is 0. The van der Waals surface area contributed by atoms with E-state index in [2.05, 4.69) is 13.8 Å². The summed E-state index contributed by atoms with van der Waals surface area (Å²) in [5.41, 5.74) is -0.00925. The van der Waals surface area contributed by atoms with Crippen LogP contribution in [0.25, 0.3) is 0 Å². The monoisotopic (exact) mass is 546 g/mol. The van der Waals surface area contributed by atoms with Gasteiger partial charge in [0, 0.05) is 10.8 Å². The average Bonchev–Trinajstić information content (AvgIpc) is 2.93. The van der Waals surface area contributed by atoms with Gasteiger partial charge in [-0.25, -0.2) is 0 Å². The van der Waals surface area contributed by atoms with E-state index < -0.39 is 22.8 Å². The molecule has 0 aliphatic rings. The number of carbonyl (C=O) groups is 2. The van der Waals surface area contributed by atoms with Gasteiger partial charge in [0.25, 0.3) is 0 Å². The SMILES string of the molecule is CCCCCCCCC(C)(C(=O)[O-])c1ccccc1.CCCCCCCCC(C)(C(=O)[O-])c1ccccc1.[Mg+2]. The van der Waals surface area contributed by atoms with E-state index in [0.29, 0.717) is 12.8 Å². The first kappa shape index (κ1) is 37.1. The van der Waals surface area contributed by atoms with Crippen molar-refractivity contribution in [2.45, 2.75) is 128 Å². The Labute approximate surface area is 254 Å². The number of aliphatic carboxylic acids is 2. The molecule has 0 fully saturated rings. The van der Waals surface area contributed by atoms with Crippen LogP contribution in [0.15, 0.2) is 60.7 Å². The summed E-state index contributed by atoms with van der Waals surface area (Å²) in [5, 5.41) is 23.0. The molecule has 2 rings (SSSR count). The fraction of sp³-hybridized carbons (Fsp3) is 0.588. The van der Waals surface area contributed by atoms with E-state index in [0.717, 1.165) is 36.8 Å². The van der Waals surface area contributed by atoms with Crippen LogP contribution in [0.3, 0.4) is 0 Å². The molecule has 212 valence electrons. The van der Waals surface area contributed by atoms with Crippen molar-refractivity contribution in [1.82, 2.24) is 0 Å². The largest absolute Gasteiger partial charge is 2.00 e. The smallest absolute Gasteiger partial charge is 0.549 e. The first-order valence-corrected chi connectivity index (χ1v) is 14.8. The third kappa shape index (κ3) is 13.4. The molecular formula is C34H50MgO4. The Morgan fingerprint density at radius 2 is 0.821 bits per heavy atom. The summed E-state index contributed by atoms with van der Waals surface area (Å²) in [6.45, 7) is 7.96. The van der Waals surface area contributed by atoms with Gasteiger partial charge in [-0.3, -0.25) is 0 Å². The van der Waals surface area contributed by atoms with Crippen molar-refractivity contribution < 1.29 is 19.8 Å². The van der Waals surface area contributed by atoms with Gasteiger partial charge in [-0.15, -0.1) is 0 Å². The van der Waals surface area contributed by atoms with Crippen LogP contribution in [0.2, 0.25) is 0 Å². The molecule has 0 radical (unpaired) electrons. The predicted molar refractivity (Wildman–Crippen MR) is 159 cm³/mol. The molecule has 0 aromatic heterocycles. The van der Waals surface area contributed by atoms with Crippen LogP contribution < -0.4 is 10.2 Å². The standard InChI is InChI=1S/2C17H26O2.Mg/c2*1-3-4-5-6-7-11-14-17(2,16(18)19)15-12-9-8-10-13-15;/h2*8-10,12-13H,3-7,11,14H2,1-2H3,(H,18,19);/q;;+2/p-2. The van der Waals surface area contributed by atoms with Crippen molar-refractivity contribution in [3.05, 3.63) is 71.8 Å². The normalized spacial score (nSPS) is 13.6. The quantitative estimate of drug-likeness (QED) is 0.158. The molecule has 0 aliphatic carbocycles. The molecule has 0 aliphatic heterocycles. The number of carbonyl (C=O) groups excluding carboxylic acids is 2. The van der Waals surface area contributed by atoms with Crippen molar-refractivity contribution in [2.24, 2.45) is 0 Å². The van der Waals surface area contributed by atoms with Crippen molar-refractivity contribution in [2.75, 3.05) is 0 Å². The van der Waals surface area contributed by atoms with E-state index in [-0.39, 0.29) is 23.1 Å². The van der Waals surface area contributed by atoms with Crippen LogP contribution in [-0.4, -0.2) is 35.0 Å². The second-order valence-electron chi connectivity index (χ2n) is 11.0. The summed E-state index contributed by atoms with van der Waals surface area (Å²) in [4.78, 5) is 23.0. The fourth-order valence-electron chi connectivity index (χ4n) is 4.86. The summed E-state index contributed by atoms with van der Waals surface area (Å²) in [6, 6.07) is 18.9. The Balaban J connectivity index is 0.000000722. The summed E-state index contributed by atoms with van der Waals surface area (Å²) >= 11 is 0. The van der Waals surface area contributed by atoms with E-state index >= 15 is 0 Å². The summed E-state index contributed by atoms with van der Waals surface area (Å²) in [5.74, 6) is -1.93. The molecule has 2 unspecified atom stereocenters. The third-order valence-corrected chi connectivity index (χ3v) is 7.78. The molecule has 4 nitrogen and oxygen atoms in total. The molecule has 0 saturated carbocycles. The Bertz CT molecular complexity index is 826. The zero-order valence-electron chi connectivity index (χ0n) is 25.0. The van der Waals surface area contributed by atoms with Crippen LogP contribution in [0.5, 0.6) is 0 Å². The van der Waals surface area contributed by atoms with Crippen molar-refractivity contribution >= 4 is 35.0 Å². The zero-order chi connectivity index (χ0) is 28.3. The molecular weight excluding hydrogens is 497 g/mol. The zero-order valence-corrected chi connectivity index (χ0v) is 26.4. The topological polar surface area (TPSA) is 80.3 Å². The fourth-order valence-corrected chi connectivity index (χ4v) is 4.86. The minimum Gasteiger partial charge on any atom is -0.549 e. The van der Waals surface area contributed by atoms with Crippen LogP contribution in [0.4, 0.5) is 0 Å². The third-order valence-electron chi connectivity index (χ3n) is 7.78. The van der Waals surface area contributed by atoms with Gasteiger partial charge in [-0.05, 0) is 24.0 Å². The van der Waals surface area contributed by atoms with Crippen LogP contribution in [0, 0.1) is 0 Å². The van der Waals surface area contributed by atoms with Gasteiger partial charge >= 0.3 is 23.1 Å². The molecule has 39 heavy (non-hydrogen) atoms. The van der Waals surface area contributed by atoms with E-state index in [1.807, 2.05) is 60.7 Å². The van der Waals surface area contributed by atoms with Crippen molar-refractivity contribution in [3.63, 3.8) is 0 Å². The molecule has 0 heterocycles. The molecule has 2 atom stereocenters. The average molecular weight is 547 g/mol. The minimum atomic E-state index is -0.966. The number of hydrogen-bond acceptors (Lipinski definition) is 4. The molecule has 2 aromatic rings. The van der Waals surface area contributed by atoms with Gasteiger partial charge in [-0.1, -0.05) is 165 Å². The maximum absolute atomic E-state index is 11.5. The number of unbranched alkanes of at least 4 members (excludes halogenated alkanes) is 10. The Kier molecular flexibility index (Phi) is 20.0. The van der Waals surface area contributed by atoms with Gasteiger partial charge in [0.2, 0.25) is 0 Å². The van der Waals surface area contributed by atoms with Gasteiger partial charge in [-0.2, -0.15) is 0 Å². The predicted octanol–water partition coefficient (Wildman–Crippen LogP) is 6.51.